The van der Waals surface area contributed by atoms with E-state index in [2.05, 4.69) is 4.90 Å². The molecule has 0 spiro atoms. The van der Waals surface area contributed by atoms with E-state index in [1.54, 1.807) is 4.90 Å². The molecular weight excluding hydrogens is 368 g/mol. The summed E-state index contributed by atoms with van der Waals surface area (Å²) in [6.45, 7) is 2.14. The Balaban J connectivity index is 1.59. The van der Waals surface area contributed by atoms with E-state index in [0.717, 1.165) is 34.3 Å². The largest absolute Gasteiger partial charge is 0.478 e. The van der Waals surface area contributed by atoms with Gasteiger partial charge in [-0.1, -0.05) is 48.5 Å². The van der Waals surface area contributed by atoms with Crippen molar-refractivity contribution in [2.45, 2.75) is 0 Å². The second-order valence-electron chi connectivity index (χ2n) is 6.74. The number of amides is 1. The fraction of sp³-hybridized carbons (Fsp3) is 0.182. The molecule has 2 heterocycles. The summed E-state index contributed by atoms with van der Waals surface area (Å²) in [6, 6.07) is 17.9. The number of aliphatic carboxylic acids is 1. The van der Waals surface area contributed by atoms with Crippen LogP contribution in [0.2, 0.25) is 0 Å². The van der Waals surface area contributed by atoms with Gasteiger partial charge in [0, 0.05) is 49.3 Å². The predicted molar refractivity (Wildman–Crippen MR) is 111 cm³/mol. The highest BCUT2D eigenvalue weighted by atomic mass is 16.4. The number of para-hydroxylation sites is 1. The lowest BCUT2D eigenvalue weighted by atomic mass is 10.1. The molecule has 1 fully saturated rings. The minimum Gasteiger partial charge on any atom is -0.478 e. The van der Waals surface area contributed by atoms with Crippen molar-refractivity contribution in [1.29, 1.82) is 0 Å². The van der Waals surface area contributed by atoms with Gasteiger partial charge in [0.25, 0.3) is 0 Å². The Bertz CT molecular complexity index is 1070. The van der Waals surface area contributed by atoms with Crippen LogP contribution in [0.1, 0.15) is 0 Å². The van der Waals surface area contributed by atoms with Gasteiger partial charge in [0.1, 0.15) is 0 Å². The minimum atomic E-state index is -1.13. The summed E-state index contributed by atoms with van der Waals surface area (Å²) in [5.74, 6) is -0.790. The lowest BCUT2D eigenvalue weighted by Crippen LogP contribution is -2.48. The second-order valence-corrected chi connectivity index (χ2v) is 6.74. The van der Waals surface area contributed by atoms with E-state index in [-0.39, 0.29) is 5.91 Å². The molecule has 0 radical (unpaired) electrons. The van der Waals surface area contributed by atoms with Crippen molar-refractivity contribution >= 4 is 28.7 Å². The molecule has 146 valence electrons. The summed E-state index contributed by atoms with van der Waals surface area (Å²) in [5.41, 5.74) is 2.79. The van der Waals surface area contributed by atoms with Crippen molar-refractivity contribution in [3.63, 3.8) is 0 Å². The van der Waals surface area contributed by atoms with Crippen molar-refractivity contribution < 1.29 is 14.7 Å². The van der Waals surface area contributed by atoms with Crippen LogP contribution in [0.25, 0.3) is 22.2 Å². The Morgan fingerprint density at radius 1 is 0.862 bits per heavy atom. The molecular formula is C22H20N4O3. The zero-order valence-electron chi connectivity index (χ0n) is 15.7. The van der Waals surface area contributed by atoms with Gasteiger partial charge in [-0.05, 0) is 6.07 Å². The van der Waals surface area contributed by atoms with Gasteiger partial charge >= 0.3 is 5.97 Å². The van der Waals surface area contributed by atoms with E-state index in [4.69, 9.17) is 15.1 Å². The number of carboxylic acid groups (broad SMARTS) is 1. The number of aromatic nitrogens is 2. The summed E-state index contributed by atoms with van der Waals surface area (Å²) < 4.78 is 0. The Morgan fingerprint density at radius 2 is 1.55 bits per heavy atom. The molecule has 7 nitrogen and oxygen atoms in total. The Labute approximate surface area is 167 Å². The maximum Gasteiger partial charge on any atom is 0.328 e. The molecule has 4 rings (SSSR count). The number of fused-ring (bicyclic) bond motifs is 1. The summed E-state index contributed by atoms with van der Waals surface area (Å²) >= 11 is 0. The minimum absolute atomic E-state index is 0.295. The number of nitrogens with zero attached hydrogens (tertiary/aromatic N) is 4. The number of rotatable bonds is 4. The molecule has 1 saturated heterocycles. The quantitative estimate of drug-likeness (QED) is 0.692. The Hall–Kier alpha value is -3.74. The highest BCUT2D eigenvalue weighted by Crippen LogP contribution is 2.28. The van der Waals surface area contributed by atoms with Gasteiger partial charge in [-0.2, -0.15) is 0 Å². The van der Waals surface area contributed by atoms with Crippen LogP contribution in [-0.4, -0.2) is 58.0 Å². The third-order valence-electron chi connectivity index (χ3n) is 4.88. The van der Waals surface area contributed by atoms with Gasteiger partial charge in [0.05, 0.1) is 11.2 Å². The van der Waals surface area contributed by atoms with E-state index >= 15 is 0 Å². The lowest BCUT2D eigenvalue weighted by Gasteiger charge is -2.34. The molecule has 1 amide bonds. The molecule has 29 heavy (non-hydrogen) atoms. The number of hydrogen-bond donors (Lipinski definition) is 1. The highest BCUT2D eigenvalue weighted by molar-refractivity contribution is 5.94. The lowest BCUT2D eigenvalue weighted by molar-refractivity contribution is -0.132. The highest BCUT2D eigenvalue weighted by Gasteiger charge is 2.22. The van der Waals surface area contributed by atoms with E-state index in [1.807, 2.05) is 54.6 Å². The number of carboxylic acids is 1. The number of piperazine rings is 1. The monoisotopic (exact) mass is 388 g/mol. The number of hydrogen-bond acceptors (Lipinski definition) is 5. The maximum atomic E-state index is 12.1. The van der Waals surface area contributed by atoms with Crippen molar-refractivity contribution in [2.75, 3.05) is 31.1 Å². The fourth-order valence-electron chi connectivity index (χ4n) is 3.40. The zero-order valence-corrected chi connectivity index (χ0v) is 15.7. The molecule has 0 atom stereocenters. The van der Waals surface area contributed by atoms with E-state index < -0.39 is 5.97 Å². The average molecular weight is 388 g/mol. The molecule has 0 saturated carbocycles. The maximum absolute atomic E-state index is 12.1. The van der Waals surface area contributed by atoms with Crippen LogP contribution in [-0.2, 0) is 9.59 Å². The van der Waals surface area contributed by atoms with Crippen molar-refractivity contribution in [2.24, 2.45) is 0 Å². The summed E-state index contributed by atoms with van der Waals surface area (Å²) in [7, 11) is 0. The van der Waals surface area contributed by atoms with E-state index in [9.17, 15) is 9.59 Å². The van der Waals surface area contributed by atoms with E-state index in [0.29, 0.717) is 32.1 Å². The molecule has 0 unspecified atom stereocenters. The SMILES string of the molecule is O=C(O)C=CC(=O)N1CCN(c2nc(-c3ccccc3)c3ccccc3n2)CC1. The van der Waals surface area contributed by atoms with Gasteiger partial charge in [-0.25, -0.2) is 14.8 Å². The average Bonchev–Trinajstić information content (AvgIpc) is 2.77. The van der Waals surface area contributed by atoms with Gasteiger partial charge < -0.3 is 14.9 Å². The molecule has 1 aliphatic rings. The fourth-order valence-corrected chi connectivity index (χ4v) is 3.40. The first kappa shape index (κ1) is 18.6. The first-order valence-corrected chi connectivity index (χ1v) is 9.39. The molecule has 1 aliphatic heterocycles. The topological polar surface area (TPSA) is 86.6 Å². The van der Waals surface area contributed by atoms with Crippen molar-refractivity contribution in [1.82, 2.24) is 14.9 Å². The number of carbonyl (C=O) groups is 2. The second kappa shape index (κ2) is 8.10. The zero-order chi connectivity index (χ0) is 20.2. The molecule has 7 heteroatoms. The smallest absolute Gasteiger partial charge is 0.328 e. The summed E-state index contributed by atoms with van der Waals surface area (Å²) in [6.07, 6.45) is 1.96. The third kappa shape index (κ3) is 4.08. The Morgan fingerprint density at radius 3 is 2.28 bits per heavy atom. The van der Waals surface area contributed by atoms with E-state index in [1.165, 1.54) is 0 Å². The first-order chi connectivity index (χ1) is 14.1. The molecule has 1 N–H and O–H groups in total. The van der Waals surface area contributed by atoms with Crippen LogP contribution in [0.3, 0.4) is 0 Å². The van der Waals surface area contributed by atoms with Crippen LogP contribution < -0.4 is 4.90 Å². The third-order valence-corrected chi connectivity index (χ3v) is 4.88. The normalized spacial score (nSPS) is 14.5. The molecule has 1 aromatic heterocycles. The molecule has 0 bridgehead atoms. The van der Waals surface area contributed by atoms with Gasteiger partial charge in [0.2, 0.25) is 11.9 Å². The summed E-state index contributed by atoms with van der Waals surface area (Å²) in [4.78, 5) is 36.0. The first-order valence-electron chi connectivity index (χ1n) is 9.39. The number of carbonyl (C=O) groups excluding carboxylic acids is 1. The van der Waals surface area contributed by atoms with Gasteiger partial charge in [0.15, 0.2) is 0 Å². The standard InChI is InChI=1S/C22H20N4O3/c27-19(10-11-20(28)29)25-12-14-26(15-13-25)22-23-18-9-5-4-8-17(18)21(24-22)16-6-2-1-3-7-16/h1-11H,12-15H2,(H,28,29). The Kier molecular flexibility index (Phi) is 5.20. The van der Waals surface area contributed by atoms with Crippen LogP contribution >= 0.6 is 0 Å². The van der Waals surface area contributed by atoms with Crippen LogP contribution in [0.5, 0.6) is 0 Å². The van der Waals surface area contributed by atoms with Crippen LogP contribution in [0, 0.1) is 0 Å². The van der Waals surface area contributed by atoms with Crippen molar-refractivity contribution in [3.05, 3.63) is 66.7 Å². The van der Waals surface area contributed by atoms with Crippen molar-refractivity contribution in [3.8, 4) is 11.3 Å². The number of benzene rings is 2. The molecule has 2 aromatic carbocycles. The number of anilines is 1. The van der Waals surface area contributed by atoms with Gasteiger partial charge in [-0.3, -0.25) is 4.79 Å². The summed E-state index contributed by atoms with van der Waals surface area (Å²) in [5, 5.41) is 9.67. The predicted octanol–water partition coefficient (Wildman–Crippen LogP) is 2.59. The molecule has 0 aliphatic carbocycles. The van der Waals surface area contributed by atoms with Gasteiger partial charge in [-0.15, -0.1) is 0 Å². The van der Waals surface area contributed by atoms with Crippen LogP contribution in [0.15, 0.2) is 66.7 Å². The molecule has 3 aromatic rings. The van der Waals surface area contributed by atoms with Crippen LogP contribution in [0.4, 0.5) is 5.95 Å².